The maximum Gasteiger partial charge on any atom is 0.258 e. The van der Waals surface area contributed by atoms with Crippen LogP contribution in [0.15, 0.2) is 96.6 Å². The van der Waals surface area contributed by atoms with Gasteiger partial charge in [-0.3, -0.25) is 14.1 Å². The number of piperazine rings is 1. The van der Waals surface area contributed by atoms with Crippen LogP contribution < -0.4 is 10.6 Å². The van der Waals surface area contributed by atoms with Crippen molar-refractivity contribution in [3.8, 4) is 22.6 Å². The largest absolute Gasteiger partial charge is 0.385 e. The molecular formula is C37H37FN8O2S. The van der Waals surface area contributed by atoms with E-state index in [1.54, 1.807) is 31.5 Å². The van der Waals surface area contributed by atoms with Crippen molar-refractivity contribution in [1.29, 1.82) is 0 Å². The second kappa shape index (κ2) is 15.0. The third-order valence-corrected chi connectivity index (χ3v) is 9.31. The molecule has 0 atom stereocenters. The van der Waals surface area contributed by atoms with Gasteiger partial charge in [0.1, 0.15) is 11.5 Å². The molecule has 12 heteroatoms. The van der Waals surface area contributed by atoms with E-state index in [9.17, 15) is 9.18 Å². The van der Waals surface area contributed by atoms with Crippen molar-refractivity contribution in [2.45, 2.75) is 13.0 Å². The van der Waals surface area contributed by atoms with Crippen molar-refractivity contribution in [3.05, 3.63) is 114 Å². The molecule has 1 amide bonds. The summed E-state index contributed by atoms with van der Waals surface area (Å²) in [5.74, 6) is -0.620. The molecule has 0 radical (unpaired) electrons. The van der Waals surface area contributed by atoms with Gasteiger partial charge in [-0.25, -0.2) is 19.3 Å². The number of hydrogen-bond donors (Lipinski definition) is 2. The van der Waals surface area contributed by atoms with Gasteiger partial charge >= 0.3 is 0 Å². The minimum absolute atomic E-state index is 0.0186. The Morgan fingerprint density at radius 2 is 1.76 bits per heavy atom. The van der Waals surface area contributed by atoms with E-state index >= 15 is 0 Å². The lowest BCUT2D eigenvalue weighted by Crippen LogP contribution is -2.46. The van der Waals surface area contributed by atoms with Crippen molar-refractivity contribution >= 4 is 39.5 Å². The fourth-order valence-electron chi connectivity index (χ4n) is 6.11. The third kappa shape index (κ3) is 7.68. The normalized spacial score (nSPS) is 13.9. The zero-order valence-electron chi connectivity index (χ0n) is 27.2. The molecule has 0 unspecified atom stereocenters. The summed E-state index contributed by atoms with van der Waals surface area (Å²) in [5, 5.41) is 8.20. The van der Waals surface area contributed by atoms with Crippen LogP contribution in [0.4, 0.5) is 21.7 Å². The smallest absolute Gasteiger partial charge is 0.258 e. The number of carbonyl (C=O) groups excluding carboxylic acids is 1. The van der Waals surface area contributed by atoms with Gasteiger partial charge in [0, 0.05) is 87.7 Å². The monoisotopic (exact) mass is 676 g/mol. The molecule has 0 spiro atoms. The predicted molar refractivity (Wildman–Crippen MR) is 192 cm³/mol. The van der Waals surface area contributed by atoms with Crippen LogP contribution in [-0.2, 0) is 11.3 Å². The van der Waals surface area contributed by atoms with Gasteiger partial charge in [-0.15, -0.1) is 11.3 Å². The number of thiazole rings is 1. The van der Waals surface area contributed by atoms with Crippen LogP contribution in [0.25, 0.3) is 27.6 Å². The van der Waals surface area contributed by atoms with Gasteiger partial charge in [0.25, 0.3) is 5.91 Å². The number of aromatic nitrogens is 4. The molecule has 0 bridgehead atoms. The first-order valence-corrected chi connectivity index (χ1v) is 17.2. The first-order chi connectivity index (χ1) is 24.0. The molecule has 1 aliphatic rings. The summed E-state index contributed by atoms with van der Waals surface area (Å²) < 4.78 is 21.5. The number of nitrogens with zero attached hydrogens (tertiary/aromatic N) is 6. The number of hydrogen-bond acceptors (Lipinski definition) is 9. The van der Waals surface area contributed by atoms with E-state index in [4.69, 9.17) is 14.7 Å². The fraction of sp³-hybridized carbons (Fsp3) is 0.243. The molecule has 1 saturated heterocycles. The summed E-state index contributed by atoms with van der Waals surface area (Å²) in [4.78, 5) is 33.0. The number of amides is 1. The van der Waals surface area contributed by atoms with Gasteiger partial charge in [-0.2, -0.15) is 0 Å². The van der Waals surface area contributed by atoms with Crippen LogP contribution in [0.1, 0.15) is 22.3 Å². The number of benzene rings is 3. The molecule has 49 heavy (non-hydrogen) atoms. The lowest BCUT2D eigenvalue weighted by molar-refractivity contribution is 0.102. The van der Waals surface area contributed by atoms with Crippen LogP contribution >= 0.6 is 11.3 Å². The van der Waals surface area contributed by atoms with E-state index in [0.29, 0.717) is 23.0 Å². The minimum Gasteiger partial charge on any atom is -0.385 e. The van der Waals surface area contributed by atoms with E-state index < -0.39 is 11.7 Å². The average Bonchev–Trinajstić information content (AvgIpc) is 3.72. The Balaban J connectivity index is 1.08. The van der Waals surface area contributed by atoms with E-state index in [1.807, 2.05) is 46.3 Å². The van der Waals surface area contributed by atoms with Crippen molar-refractivity contribution < 1.29 is 13.9 Å². The Labute approximate surface area is 288 Å². The highest BCUT2D eigenvalue weighted by molar-refractivity contribution is 7.15. The third-order valence-electron chi connectivity index (χ3n) is 8.55. The SMILES string of the molecule is COCCCN1CCN(Cc2cccc(Nc3nccc(-c4c(-c5cccc(NC(=O)c6ccccc6F)c5)nc5sccn45)n3)c2)CC1. The molecule has 4 heterocycles. The average molecular weight is 677 g/mol. The lowest BCUT2D eigenvalue weighted by Gasteiger charge is -2.34. The summed E-state index contributed by atoms with van der Waals surface area (Å²) in [7, 11) is 1.76. The maximum absolute atomic E-state index is 14.3. The summed E-state index contributed by atoms with van der Waals surface area (Å²) >= 11 is 1.52. The Kier molecular flexibility index (Phi) is 9.99. The Morgan fingerprint density at radius 1 is 0.939 bits per heavy atom. The highest BCUT2D eigenvalue weighted by Gasteiger charge is 2.20. The van der Waals surface area contributed by atoms with E-state index in [0.717, 1.165) is 74.2 Å². The Hall–Kier alpha value is -5.01. The van der Waals surface area contributed by atoms with Crippen LogP contribution in [0.5, 0.6) is 0 Å². The second-order valence-corrected chi connectivity index (χ2v) is 12.8. The molecule has 6 aromatic rings. The molecule has 0 saturated carbocycles. The Morgan fingerprint density at radius 3 is 2.61 bits per heavy atom. The van der Waals surface area contributed by atoms with Crippen molar-refractivity contribution in [2.24, 2.45) is 0 Å². The summed E-state index contributed by atoms with van der Waals surface area (Å²) in [6.45, 7) is 7.01. The number of ether oxygens (including phenoxy) is 1. The van der Waals surface area contributed by atoms with Gasteiger partial charge < -0.3 is 20.3 Å². The standard InChI is InChI=1S/C37H37FN8O2S/c1-48-21-6-15-44-16-18-45(19-17-44)25-26-7-4-9-28(23-26)41-36-39-14-13-32(42-36)34-33(43-37-46(34)20-22-49-37)27-8-5-10-29(24-27)40-35(47)30-11-2-3-12-31(30)38/h2-5,7-14,20,22-24H,6,15-19,21,25H2,1H3,(H,40,47)(H,39,41,42). The molecular weight excluding hydrogens is 640 g/mol. The quantitative estimate of drug-likeness (QED) is 0.137. The maximum atomic E-state index is 14.3. The first kappa shape index (κ1) is 32.5. The van der Waals surface area contributed by atoms with Crippen molar-refractivity contribution in [1.82, 2.24) is 29.2 Å². The number of imidazole rings is 1. The zero-order valence-corrected chi connectivity index (χ0v) is 28.0. The molecule has 10 nitrogen and oxygen atoms in total. The van der Waals surface area contributed by atoms with Crippen LogP contribution in [-0.4, -0.2) is 81.5 Å². The van der Waals surface area contributed by atoms with Gasteiger partial charge in [0.2, 0.25) is 5.95 Å². The summed E-state index contributed by atoms with van der Waals surface area (Å²) in [6, 6.07) is 23.6. The van der Waals surface area contributed by atoms with Crippen molar-refractivity contribution in [3.63, 3.8) is 0 Å². The van der Waals surface area contributed by atoms with Gasteiger partial charge in [0.15, 0.2) is 4.96 Å². The predicted octanol–water partition coefficient (Wildman–Crippen LogP) is 6.81. The number of methoxy groups -OCH3 is 1. The lowest BCUT2D eigenvalue weighted by atomic mass is 10.1. The van der Waals surface area contributed by atoms with Gasteiger partial charge in [0.05, 0.1) is 17.0 Å². The van der Waals surface area contributed by atoms with Gasteiger partial charge in [-0.1, -0.05) is 36.4 Å². The first-order valence-electron chi connectivity index (χ1n) is 16.3. The molecule has 2 N–H and O–H groups in total. The summed E-state index contributed by atoms with van der Waals surface area (Å²) in [5.41, 5.74) is 5.65. The zero-order chi connectivity index (χ0) is 33.6. The minimum atomic E-state index is -0.573. The van der Waals surface area contributed by atoms with Crippen LogP contribution in [0.3, 0.4) is 0 Å². The number of rotatable bonds is 12. The van der Waals surface area contributed by atoms with Gasteiger partial charge in [-0.05, 0) is 54.4 Å². The highest BCUT2D eigenvalue weighted by atomic mass is 32.1. The second-order valence-electron chi connectivity index (χ2n) is 11.9. The summed E-state index contributed by atoms with van der Waals surface area (Å²) in [6.07, 6.45) is 4.77. The Bertz CT molecular complexity index is 2060. The topological polar surface area (TPSA) is 99.9 Å². The molecule has 7 rings (SSSR count). The van der Waals surface area contributed by atoms with Crippen LogP contribution in [0.2, 0.25) is 0 Å². The van der Waals surface area contributed by atoms with Crippen LogP contribution in [0, 0.1) is 5.82 Å². The highest BCUT2D eigenvalue weighted by Crippen LogP contribution is 2.35. The molecule has 0 aliphatic carbocycles. The molecule has 3 aromatic carbocycles. The molecule has 1 aliphatic heterocycles. The fourth-order valence-corrected chi connectivity index (χ4v) is 6.82. The van der Waals surface area contributed by atoms with E-state index in [-0.39, 0.29) is 5.56 Å². The molecule has 250 valence electrons. The van der Waals surface area contributed by atoms with E-state index in [1.165, 1.54) is 29.0 Å². The number of carbonyl (C=O) groups is 1. The molecule has 3 aromatic heterocycles. The number of anilines is 3. The number of fused-ring (bicyclic) bond motifs is 1. The number of halogens is 1. The molecule has 1 fully saturated rings. The van der Waals surface area contributed by atoms with E-state index in [2.05, 4.69) is 43.6 Å². The van der Waals surface area contributed by atoms with Crippen molar-refractivity contribution in [2.75, 3.05) is 57.1 Å². The number of nitrogens with one attached hydrogen (secondary N) is 2.